The average molecular weight is 332 g/mol. The minimum atomic E-state index is -2.70. The third-order valence-electron chi connectivity index (χ3n) is 1.48. The van der Waals surface area contributed by atoms with Crippen LogP contribution < -0.4 is 5.73 Å². The van der Waals surface area contributed by atoms with Gasteiger partial charge in [0, 0.05) is 9.77 Å². The Kier molecular flexibility index (Phi) is 3.59. The number of nitrogens with zero attached hydrogens (tertiary/aromatic N) is 1. The number of alkyl halides is 2. The van der Waals surface area contributed by atoms with E-state index in [4.69, 9.17) is 17.3 Å². The van der Waals surface area contributed by atoms with Crippen LogP contribution in [0.5, 0.6) is 0 Å². The van der Waals surface area contributed by atoms with Gasteiger partial charge in [-0.15, -0.1) is 0 Å². The molecule has 1 aromatic heterocycles. The number of pyridine rings is 1. The van der Waals surface area contributed by atoms with Crippen LogP contribution in [0.4, 0.5) is 8.78 Å². The lowest BCUT2D eigenvalue weighted by Crippen LogP contribution is -2.15. The summed E-state index contributed by atoms with van der Waals surface area (Å²) in [5.41, 5.74) is 4.47. The molecule has 0 aliphatic heterocycles. The maximum absolute atomic E-state index is 12.4. The molecule has 0 saturated carbocycles. The fourth-order valence-corrected chi connectivity index (χ4v) is 2.14. The number of amides is 1. The molecule has 0 saturated heterocycles. The van der Waals surface area contributed by atoms with Crippen LogP contribution in [0.1, 0.15) is 22.3 Å². The Morgan fingerprint density at radius 2 is 2.21 bits per heavy atom. The van der Waals surface area contributed by atoms with Crippen LogP contribution in [0.25, 0.3) is 0 Å². The highest BCUT2D eigenvalue weighted by atomic mass is 127. The molecule has 0 bridgehead atoms. The number of carbonyl (C=O) groups is 1. The van der Waals surface area contributed by atoms with Gasteiger partial charge in [-0.3, -0.25) is 4.79 Å². The molecule has 0 aromatic carbocycles. The zero-order valence-electron chi connectivity index (χ0n) is 6.60. The fraction of sp³-hybridized carbons (Fsp3) is 0.143. The first-order chi connectivity index (χ1) is 6.45. The molecule has 1 aromatic rings. The van der Waals surface area contributed by atoms with Crippen LogP contribution in [0.15, 0.2) is 6.20 Å². The number of hydrogen-bond acceptors (Lipinski definition) is 2. The van der Waals surface area contributed by atoms with Crippen LogP contribution in [-0.2, 0) is 0 Å². The van der Waals surface area contributed by atoms with E-state index in [0.717, 1.165) is 6.20 Å². The van der Waals surface area contributed by atoms with Gasteiger partial charge in [-0.25, -0.2) is 13.8 Å². The highest BCUT2D eigenvalue weighted by Crippen LogP contribution is 2.29. The lowest BCUT2D eigenvalue weighted by Gasteiger charge is -2.07. The first-order valence-corrected chi connectivity index (χ1v) is 4.82. The van der Waals surface area contributed by atoms with Crippen molar-refractivity contribution in [1.29, 1.82) is 0 Å². The number of hydrogen-bond donors (Lipinski definition) is 1. The molecule has 0 spiro atoms. The molecule has 0 unspecified atom stereocenters. The van der Waals surface area contributed by atoms with Gasteiger partial charge in [-0.1, -0.05) is 11.6 Å². The molecule has 2 N–H and O–H groups in total. The van der Waals surface area contributed by atoms with E-state index < -0.39 is 12.3 Å². The van der Waals surface area contributed by atoms with Crippen molar-refractivity contribution in [1.82, 2.24) is 4.98 Å². The van der Waals surface area contributed by atoms with Crippen molar-refractivity contribution in [2.75, 3.05) is 0 Å². The standard InChI is InChI=1S/C7H4ClF2IN2O/c8-5-3(7(12)14)4(11)2(1-13-5)6(9)10/h1,6H,(H2,12,14). The van der Waals surface area contributed by atoms with Gasteiger partial charge in [0.1, 0.15) is 5.15 Å². The van der Waals surface area contributed by atoms with Gasteiger partial charge in [0.2, 0.25) is 0 Å². The number of carbonyl (C=O) groups excluding carboxylic acids is 1. The van der Waals surface area contributed by atoms with Crippen LogP contribution in [0, 0.1) is 3.57 Å². The third kappa shape index (κ3) is 2.11. The van der Waals surface area contributed by atoms with E-state index in [-0.39, 0.29) is 19.9 Å². The van der Waals surface area contributed by atoms with Crippen molar-refractivity contribution in [2.45, 2.75) is 6.43 Å². The summed E-state index contributed by atoms with van der Waals surface area (Å²) in [6, 6.07) is 0. The van der Waals surface area contributed by atoms with E-state index in [1.165, 1.54) is 0 Å². The second kappa shape index (κ2) is 4.35. The van der Waals surface area contributed by atoms with E-state index >= 15 is 0 Å². The quantitative estimate of drug-likeness (QED) is 0.668. The Hall–Kier alpha value is -0.500. The first kappa shape index (κ1) is 11.6. The topological polar surface area (TPSA) is 56.0 Å². The molecule has 3 nitrogen and oxygen atoms in total. The second-order valence-corrected chi connectivity index (χ2v) is 3.80. The van der Waals surface area contributed by atoms with Crippen LogP contribution in [0.2, 0.25) is 5.15 Å². The molecule has 1 heterocycles. The Morgan fingerprint density at radius 3 is 2.64 bits per heavy atom. The zero-order chi connectivity index (χ0) is 10.9. The SMILES string of the molecule is NC(=O)c1c(Cl)ncc(C(F)F)c1I. The number of aromatic nitrogens is 1. The monoisotopic (exact) mass is 332 g/mol. The van der Waals surface area contributed by atoms with Crippen molar-refractivity contribution >= 4 is 40.1 Å². The molecular formula is C7H4ClF2IN2O. The summed E-state index contributed by atoms with van der Waals surface area (Å²) < 4.78 is 24.8. The predicted octanol–water partition coefficient (Wildman–Crippen LogP) is 2.38. The molecule has 0 radical (unpaired) electrons. The van der Waals surface area contributed by atoms with Crippen molar-refractivity contribution in [3.63, 3.8) is 0 Å². The molecular weight excluding hydrogens is 328 g/mol. The van der Waals surface area contributed by atoms with Crippen LogP contribution in [0.3, 0.4) is 0 Å². The lowest BCUT2D eigenvalue weighted by atomic mass is 10.2. The summed E-state index contributed by atoms with van der Waals surface area (Å²) >= 11 is 7.13. The van der Waals surface area contributed by atoms with Crippen LogP contribution >= 0.6 is 34.2 Å². The normalized spacial score (nSPS) is 10.6. The van der Waals surface area contributed by atoms with E-state index in [2.05, 4.69) is 4.98 Å². The van der Waals surface area contributed by atoms with Gasteiger partial charge >= 0.3 is 0 Å². The predicted molar refractivity (Wildman–Crippen MR) is 55.4 cm³/mol. The second-order valence-electron chi connectivity index (χ2n) is 2.36. The molecule has 0 aliphatic rings. The summed E-state index contributed by atoms with van der Waals surface area (Å²) in [6.45, 7) is 0. The maximum Gasteiger partial charge on any atom is 0.266 e. The van der Waals surface area contributed by atoms with E-state index in [1.54, 1.807) is 22.6 Å². The number of primary amides is 1. The summed E-state index contributed by atoms with van der Waals surface area (Å²) in [7, 11) is 0. The molecule has 0 aliphatic carbocycles. The van der Waals surface area contributed by atoms with E-state index in [1.807, 2.05) is 0 Å². The Labute approximate surface area is 96.8 Å². The number of rotatable bonds is 2. The van der Waals surface area contributed by atoms with Crippen molar-refractivity contribution in [3.8, 4) is 0 Å². The minimum absolute atomic E-state index is 0.0464. The molecule has 0 fully saturated rings. The molecule has 7 heteroatoms. The third-order valence-corrected chi connectivity index (χ3v) is 2.93. The highest BCUT2D eigenvalue weighted by molar-refractivity contribution is 14.1. The zero-order valence-corrected chi connectivity index (χ0v) is 9.51. The smallest absolute Gasteiger partial charge is 0.266 e. The van der Waals surface area contributed by atoms with Gasteiger partial charge < -0.3 is 5.73 Å². The van der Waals surface area contributed by atoms with Gasteiger partial charge in [0.15, 0.2) is 0 Å². The summed E-state index contributed by atoms with van der Waals surface area (Å²) in [4.78, 5) is 14.3. The van der Waals surface area contributed by atoms with Gasteiger partial charge in [-0.05, 0) is 22.6 Å². The number of halogens is 4. The van der Waals surface area contributed by atoms with Crippen molar-refractivity contribution in [3.05, 3.63) is 26.0 Å². The summed E-state index contributed by atoms with van der Waals surface area (Å²) in [6.07, 6.45) is -1.77. The first-order valence-electron chi connectivity index (χ1n) is 3.37. The Balaban J connectivity index is 3.41. The highest BCUT2D eigenvalue weighted by Gasteiger charge is 2.20. The van der Waals surface area contributed by atoms with Crippen molar-refractivity contribution in [2.24, 2.45) is 5.73 Å². The maximum atomic E-state index is 12.4. The van der Waals surface area contributed by atoms with Crippen LogP contribution in [-0.4, -0.2) is 10.9 Å². The molecule has 0 atom stereocenters. The van der Waals surface area contributed by atoms with E-state index in [9.17, 15) is 13.6 Å². The molecule has 1 rings (SSSR count). The number of nitrogens with two attached hydrogens (primary N) is 1. The lowest BCUT2D eigenvalue weighted by molar-refractivity contribution is 0.0998. The summed E-state index contributed by atoms with van der Waals surface area (Å²) in [5, 5.41) is -0.161. The Morgan fingerprint density at radius 1 is 1.64 bits per heavy atom. The molecule has 14 heavy (non-hydrogen) atoms. The Bertz CT molecular complexity index is 386. The largest absolute Gasteiger partial charge is 0.365 e. The fourth-order valence-electron chi connectivity index (χ4n) is 0.844. The van der Waals surface area contributed by atoms with Gasteiger partial charge in [-0.2, -0.15) is 0 Å². The van der Waals surface area contributed by atoms with Gasteiger partial charge in [0.05, 0.1) is 11.1 Å². The van der Waals surface area contributed by atoms with E-state index in [0.29, 0.717) is 0 Å². The summed E-state index contributed by atoms with van der Waals surface area (Å²) in [5.74, 6) is -0.866. The average Bonchev–Trinajstić information content (AvgIpc) is 2.02. The molecule has 76 valence electrons. The molecule has 1 amide bonds. The minimum Gasteiger partial charge on any atom is -0.365 e. The van der Waals surface area contributed by atoms with Gasteiger partial charge in [0.25, 0.3) is 12.3 Å². The van der Waals surface area contributed by atoms with Crippen molar-refractivity contribution < 1.29 is 13.6 Å².